The number of azo groups is 1. The minimum absolute atomic E-state index is 0.0112. The molecule has 0 fully saturated rings. The summed E-state index contributed by atoms with van der Waals surface area (Å²) in [5.41, 5.74) is 2.27. The molecule has 0 aliphatic heterocycles. The Kier molecular flexibility index (Phi) is 14.2. The zero-order valence-corrected chi connectivity index (χ0v) is 22.9. The molecule has 0 heterocycles. The normalized spacial score (nSPS) is 11.1. The molecule has 0 unspecified atom stereocenters. The minimum Gasteiger partial charge on any atom is -0.465 e. The van der Waals surface area contributed by atoms with Crippen LogP contribution in [-0.2, 0) is 23.8 Å². The van der Waals surface area contributed by atoms with Crippen LogP contribution in [-0.4, -0.2) is 56.4 Å². The monoisotopic (exact) mass is 542 g/mol. The molecule has 39 heavy (non-hydrogen) atoms. The lowest BCUT2D eigenvalue weighted by molar-refractivity contribution is -0.384. The van der Waals surface area contributed by atoms with E-state index in [0.29, 0.717) is 37.4 Å². The molecular weight excluding hydrogens is 504 g/mol. The number of nitro groups is 1. The van der Waals surface area contributed by atoms with E-state index in [2.05, 4.69) is 22.1 Å². The molecule has 0 radical (unpaired) electrons. The molecule has 0 aromatic heterocycles. The van der Waals surface area contributed by atoms with Crippen molar-refractivity contribution in [3.05, 3.63) is 58.6 Å². The number of likely N-dealkylation sites (N-methyl/N-ethyl adjacent to an activating group) is 1. The Labute approximate surface area is 229 Å². The van der Waals surface area contributed by atoms with Gasteiger partial charge in [-0.3, -0.25) is 19.7 Å². The number of hydrogen-bond acceptors (Lipinski definition) is 10. The third-order valence-corrected chi connectivity index (χ3v) is 5.87. The summed E-state index contributed by atoms with van der Waals surface area (Å²) in [6.45, 7) is 8.69. The average Bonchev–Trinajstić information content (AvgIpc) is 2.94. The third kappa shape index (κ3) is 11.2. The lowest BCUT2D eigenvalue weighted by Crippen LogP contribution is -2.28. The van der Waals surface area contributed by atoms with Gasteiger partial charge < -0.3 is 19.1 Å². The van der Waals surface area contributed by atoms with E-state index in [9.17, 15) is 19.7 Å². The van der Waals surface area contributed by atoms with Crippen molar-refractivity contribution in [2.24, 2.45) is 16.1 Å². The second-order valence-electron chi connectivity index (χ2n) is 8.59. The second-order valence-corrected chi connectivity index (χ2v) is 8.59. The maximum atomic E-state index is 12.0. The van der Waals surface area contributed by atoms with E-state index in [1.807, 2.05) is 24.3 Å². The molecular formula is C28H38N4O7. The number of nitrogens with zero attached hydrogens (tertiary/aromatic N) is 4. The number of nitro benzene ring substituents is 1. The summed E-state index contributed by atoms with van der Waals surface area (Å²) >= 11 is 0. The molecule has 2 rings (SSSR count). The van der Waals surface area contributed by atoms with E-state index in [-0.39, 0.29) is 18.9 Å². The number of hydrogen-bond donors (Lipinski definition) is 0. The molecule has 11 heteroatoms. The second kappa shape index (κ2) is 17.6. The Bertz CT molecular complexity index is 1040. The van der Waals surface area contributed by atoms with Crippen LogP contribution in [0.5, 0.6) is 0 Å². The highest BCUT2D eigenvalue weighted by Gasteiger charge is 2.28. The van der Waals surface area contributed by atoms with Crippen molar-refractivity contribution >= 4 is 34.7 Å². The van der Waals surface area contributed by atoms with Gasteiger partial charge in [0.05, 0.1) is 36.1 Å². The van der Waals surface area contributed by atoms with Crippen molar-refractivity contribution in [1.29, 1.82) is 0 Å². The fourth-order valence-electron chi connectivity index (χ4n) is 3.78. The first-order chi connectivity index (χ1) is 18.9. The topological polar surface area (TPSA) is 133 Å². The van der Waals surface area contributed by atoms with Crippen LogP contribution in [0.25, 0.3) is 0 Å². The number of ether oxygens (including phenoxy) is 3. The van der Waals surface area contributed by atoms with Gasteiger partial charge >= 0.3 is 11.9 Å². The molecule has 0 aliphatic carbocycles. The van der Waals surface area contributed by atoms with Crippen molar-refractivity contribution in [2.75, 3.05) is 44.4 Å². The molecule has 0 saturated carbocycles. The zero-order chi connectivity index (χ0) is 28.5. The van der Waals surface area contributed by atoms with Gasteiger partial charge in [0.25, 0.3) is 5.69 Å². The van der Waals surface area contributed by atoms with Crippen LogP contribution in [0.2, 0.25) is 0 Å². The fraction of sp³-hybridized carbons (Fsp3) is 0.500. The van der Waals surface area contributed by atoms with Gasteiger partial charge in [0.2, 0.25) is 0 Å². The molecule has 0 amide bonds. The molecule has 0 N–H and O–H groups in total. The van der Waals surface area contributed by atoms with E-state index < -0.39 is 22.8 Å². The summed E-state index contributed by atoms with van der Waals surface area (Å²) in [4.78, 5) is 36.6. The van der Waals surface area contributed by atoms with Crippen LogP contribution in [0.3, 0.4) is 0 Å². The van der Waals surface area contributed by atoms with Gasteiger partial charge in [-0.05, 0) is 70.0 Å². The van der Waals surface area contributed by atoms with Gasteiger partial charge in [-0.25, -0.2) is 0 Å². The molecule has 2 aromatic carbocycles. The highest BCUT2D eigenvalue weighted by Crippen LogP contribution is 2.23. The van der Waals surface area contributed by atoms with E-state index in [1.54, 1.807) is 26.0 Å². The maximum Gasteiger partial charge on any atom is 0.320 e. The van der Waals surface area contributed by atoms with Gasteiger partial charge in [-0.2, -0.15) is 10.2 Å². The smallest absolute Gasteiger partial charge is 0.320 e. The first kappa shape index (κ1) is 31.4. The largest absolute Gasteiger partial charge is 0.465 e. The SMILES string of the molecule is CCOC(=O)C(CCCCCOCCN(CC)c1ccc(N=Nc2ccc([N+](=O)[O-])cc2)cc1)C(=O)OCC. The maximum absolute atomic E-state index is 12.0. The number of benzene rings is 2. The van der Waals surface area contributed by atoms with E-state index in [4.69, 9.17) is 14.2 Å². The lowest BCUT2D eigenvalue weighted by atomic mass is 10.0. The van der Waals surface area contributed by atoms with Crippen LogP contribution < -0.4 is 4.90 Å². The Morgan fingerprint density at radius 2 is 1.41 bits per heavy atom. The van der Waals surface area contributed by atoms with Crippen molar-refractivity contribution in [3.63, 3.8) is 0 Å². The van der Waals surface area contributed by atoms with Crippen LogP contribution >= 0.6 is 0 Å². The number of carbonyl (C=O) groups excluding carboxylic acids is 2. The van der Waals surface area contributed by atoms with Crippen molar-refractivity contribution in [2.45, 2.75) is 46.5 Å². The summed E-state index contributed by atoms with van der Waals surface area (Å²) in [5, 5.41) is 19.1. The van der Waals surface area contributed by atoms with Gasteiger partial charge in [0, 0.05) is 37.5 Å². The number of unbranched alkanes of at least 4 members (excludes halogenated alkanes) is 2. The Balaban J connectivity index is 1.70. The van der Waals surface area contributed by atoms with Crippen LogP contribution in [0, 0.1) is 16.0 Å². The number of anilines is 1. The third-order valence-electron chi connectivity index (χ3n) is 5.87. The van der Waals surface area contributed by atoms with Crippen LogP contribution in [0.1, 0.15) is 46.5 Å². The summed E-state index contributed by atoms with van der Waals surface area (Å²) in [7, 11) is 0. The van der Waals surface area contributed by atoms with E-state index in [1.165, 1.54) is 12.1 Å². The predicted molar refractivity (Wildman–Crippen MR) is 148 cm³/mol. The Morgan fingerprint density at radius 1 is 0.846 bits per heavy atom. The summed E-state index contributed by atoms with van der Waals surface area (Å²) < 4.78 is 15.8. The van der Waals surface area contributed by atoms with Crippen LogP contribution in [0.4, 0.5) is 22.7 Å². The van der Waals surface area contributed by atoms with E-state index >= 15 is 0 Å². The van der Waals surface area contributed by atoms with Crippen molar-refractivity contribution < 1.29 is 28.7 Å². The Morgan fingerprint density at radius 3 is 1.92 bits per heavy atom. The van der Waals surface area contributed by atoms with Crippen LogP contribution in [0.15, 0.2) is 58.8 Å². The van der Waals surface area contributed by atoms with Gasteiger partial charge in [-0.15, -0.1) is 0 Å². The van der Waals surface area contributed by atoms with Gasteiger partial charge in [0.1, 0.15) is 0 Å². The summed E-state index contributed by atoms with van der Waals surface area (Å²) in [6.07, 6.45) is 2.78. The molecule has 0 saturated heterocycles. The molecule has 212 valence electrons. The number of non-ortho nitro benzene ring substituents is 1. The van der Waals surface area contributed by atoms with Crippen molar-refractivity contribution in [3.8, 4) is 0 Å². The number of carbonyl (C=O) groups is 2. The lowest BCUT2D eigenvalue weighted by Gasteiger charge is -2.23. The molecule has 0 bridgehead atoms. The first-order valence-electron chi connectivity index (χ1n) is 13.3. The quantitative estimate of drug-likeness (QED) is 0.0546. The number of esters is 2. The average molecular weight is 543 g/mol. The van der Waals surface area contributed by atoms with Crippen molar-refractivity contribution in [1.82, 2.24) is 0 Å². The molecule has 0 atom stereocenters. The van der Waals surface area contributed by atoms with Gasteiger partial charge in [0.15, 0.2) is 5.92 Å². The minimum atomic E-state index is -0.862. The first-order valence-corrected chi connectivity index (χ1v) is 13.3. The molecule has 11 nitrogen and oxygen atoms in total. The summed E-state index contributed by atoms with van der Waals surface area (Å²) in [6, 6.07) is 13.6. The predicted octanol–water partition coefficient (Wildman–Crippen LogP) is 6.16. The molecule has 0 aliphatic rings. The van der Waals surface area contributed by atoms with E-state index in [0.717, 1.165) is 31.6 Å². The summed E-state index contributed by atoms with van der Waals surface area (Å²) in [5.74, 6) is -1.90. The molecule has 2 aromatic rings. The number of rotatable bonds is 18. The zero-order valence-electron chi connectivity index (χ0n) is 22.9. The highest BCUT2D eigenvalue weighted by atomic mass is 16.6. The van der Waals surface area contributed by atoms with Gasteiger partial charge in [-0.1, -0.05) is 12.8 Å². The Hall–Kier alpha value is -3.86. The fourth-order valence-corrected chi connectivity index (χ4v) is 3.78. The highest BCUT2D eigenvalue weighted by molar-refractivity contribution is 5.94. The molecule has 0 spiro atoms. The standard InChI is InChI=1S/C28H38N4O7/c1-4-31(19-21-37-20-9-7-8-10-26(27(33)38-5-2)28(34)39-6-3)24-15-11-22(12-16-24)29-30-23-13-17-25(18-14-23)32(35)36/h11-18,26H,4-10,19-21H2,1-3H3.